The molecular weight excluding hydrogens is 562 g/mol. The molecule has 0 saturated carbocycles. The highest BCUT2D eigenvalue weighted by Gasteiger charge is 2.39. The fourth-order valence-electron chi connectivity index (χ4n) is 5.57. The van der Waals surface area contributed by atoms with Gasteiger partial charge < -0.3 is 14.4 Å². The van der Waals surface area contributed by atoms with Gasteiger partial charge in [0.2, 0.25) is 11.8 Å². The number of fused-ring (bicyclic) bond motifs is 1. The number of likely N-dealkylation sites (tertiary alicyclic amines) is 1. The van der Waals surface area contributed by atoms with Crippen molar-refractivity contribution in [3.63, 3.8) is 0 Å². The van der Waals surface area contributed by atoms with Gasteiger partial charge in [0.05, 0.1) is 11.9 Å². The van der Waals surface area contributed by atoms with E-state index in [2.05, 4.69) is 20.1 Å². The Balaban J connectivity index is 1.05. The number of amides is 3. The molecule has 220 valence electrons. The zero-order valence-electron chi connectivity index (χ0n) is 22.1. The fraction of sp³-hybridized carbons (Fsp3) is 0.357. The third-order valence-corrected chi connectivity index (χ3v) is 7.42. The van der Waals surface area contributed by atoms with E-state index >= 15 is 0 Å². The van der Waals surface area contributed by atoms with Crippen LogP contribution < -0.4 is 14.8 Å². The average Bonchev–Trinajstić information content (AvgIpc) is 3.63. The Kier molecular flexibility index (Phi) is 7.09. The van der Waals surface area contributed by atoms with E-state index in [1.54, 1.807) is 24.5 Å². The van der Waals surface area contributed by atoms with Crippen molar-refractivity contribution >= 4 is 17.7 Å². The van der Waals surface area contributed by atoms with Crippen molar-refractivity contribution < 1.29 is 41.4 Å². The minimum atomic E-state index is -4.94. The predicted molar refractivity (Wildman–Crippen MR) is 137 cm³/mol. The monoisotopic (exact) mass is 587 g/mol. The molecule has 3 amide bonds. The van der Waals surface area contributed by atoms with E-state index in [4.69, 9.17) is 4.74 Å². The quantitative estimate of drug-likeness (QED) is 0.334. The summed E-state index contributed by atoms with van der Waals surface area (Å²) in [6.07, 6.45) is -0.656. The molecule has 2 aromatic carbocycles. The Morgan fingerprint density at radius 2 is 1.88 bits per heavy atom. The molecule has 0 spiro atoms. The van der Waals surface area contributed by atoms with Gasteiger partial charge in [-0.1, -0.05) is 0 Å². The third kappa shape index (κ3) is 5.93. The summed E-state index contributed by atoms with van der Waals surface area (Å²) in [4.78, 5) is 40.3. The number of carbonyl (C=O) groups is 3. The summed E-state index contributed by atoms with van der Waals surface area (Å²) in [5, 5.41) is 6.46. The maximum absolute atomic E-state index is 13.9. The summed E-state index contributed by atoms with van der Waals surface area (Å²) in [5.74, 6) is -2.00. The molecule has 3 aliphatic rings. The summed E-state index contributed by atoms with van der Waals surface area (Å²) < 4.78 is 62.9. The summed E-state index contributed by atoms with van der Waals surface area (Å²) in [6, 6.07) is 7.32. The lowest BCUT2D eigenvalue weighted by molar-refractivity contribution is -0.274. The number of alkyl halides is 3. The standard InChI is InChI=1S/C28H25F4N5O5/c29-18-8-19(10-22(9-18)42-28(30,31)32)37-13-16(11-33-37)12-35-6-5-21(15-35)41-20-1-2-23-17(7-20)14-36(27(23)40)24-3-4-25(38)34-26(24)39/h1-2,7-11,13,21,24H,3-6,12,14-15H2,(H,34,38,39)/t21-,24?/m0/s1. The largest absolute Gasteiger partial charge is 0.573 e. The van der Waals surface area contributed by atoms with E-state index in [9.17, 15) is 31.9 Å². The zero-order chi connectivity index (χ0) is 29.6. The molecule has 42 heavy (non-hydrogen) atoms. The number of nitrogens with one attached hydrogen (secondary N) is 1. The van der Waals surface area contributed by atoms with E-state index in [-0.39, 0.29) is 36.6 Å². The number of hydrogen-bond acceptors (Lipinski definition) is 7. The van der Waals surface area contributed by atoms with Crippen LogP contribution in [0.5, 0.6) is 11.5 Å². The summed E-state index contributed by atoms with van der Waals surface area (Å²) in [7, 11) is 0. The van der Waals surface area contributed by atoms with Crippen molar-refractivity contribution in [3.05, 3.63) is 71.3 Å². The van der Waals surface area contributed by atoms with Crippen LogP contribution in [0.2, 0.25) is 0 Å². The van der Waals surface area contributed by atoms with Gasteiger partial charge in [-0.2, -0.15) is 5.10 Å². The van der Waals surface area contributed by atoms with Crippen LogP contribution in [0.1, 0.15) is 40.7 Å². The van der Waals surface area contributed by atoms with Crippen LogP contribution in [0.25, 0.3) is 5.69 Å². The van der Waals surface area contributed by atoms with Crippen LogP contribution in [-0.4, -0.2) is 68.9 Å². The highest BCUT2D eigenvalue weighted by Crippen LogP contribution is 2.31. The topological polar surface area (TPSA) is 106 Å². The number of piperidine rings is 1. The molecule has 0 bridgehead atoms. The molecule has 14 heteroatoms. The van der Waals surface area contributed by atoms with Crippen LogP contribution in [0.3, 0.4) is 0 Å². The van der Waals surface area contributed by atoms with Crippen molar-refractivity contribution in [3.8, 4) is 17.2 Å². The maximum Gasteiger partial charge on any atom is 0.573 e. The highest BCUT2D eigenvalue weighted by molar-refractivity contribution is 6.05. The first-order chi connectivity index (χ1) is 20.0. The smallest absolute Gasteiger partial charge is 0.489 e. The molecule has 3 aliphatic heterocycles. The molecule has 3 aromatic rings. The van der Waals surface area contributed by atoms with Gasteiger partial charge in [-0.25, -0.2) is 9.07 Å². The molecular formula is C28H25F4N5O5. The Bertz CT molecular complexity index is 1560. The van der Waals surface area contributed by atoms with E-state index in [1.165, 1.54) is 9.58 Å². The molecule has 1 N–H and O–H groups in total. The average molecular weight is 588 g/mol. The Labute approximate surface area is 236 Å². The number of ether oxygens (including phenoxy) is 2. The van der Waals surface area contributed by atoms with E-state index in [0.717, 1.165) is 36.2 Å². The van der Waals surface area contributed by atoms with Crippen LogP contribution in [0.4, 0.5) is 17.6 Å². The first-order valence-electron chi connectivity index (χ1n) is 13.3. The van der Waals surface area contributed by atoms with Crippen LogP contribution in [0.15, 0.2) is 48.8 Å². The number of halogens is 4. The van der Waals surface area contributed by atoms with Crippen LogP contribution >= 0.6 is 0 Å². The lowest BCUT2D eigenvalue weighted by Gasteiger charge is -2.29. The molecule has 2 atom stereocenters. The number of rotatable bonds is 7. The highest BCUT2D eigenvalue weighted by atomic mass is 19.4. The van der Waals surface area contributed by atoms with Gasteiger partial charge >= 0.3 is 6.36 Å². The Morgan fingerprint density at radius 1 is 1.05 bits per heavy atom. The van der Waals surface area contributed by atoms with E-state index in [1.807, 2.05) is 6.07 Å². The minimum Gasteiger partial charge on any atom is -0.489 e. The second-order valence-electron chi connectivity index (χ2n) is 10.5. The minimum absolute atomic E-state index is 0.0920. The second kappa shape index (κ2) is 10.7. The molecule has 6 rings (SSSR count). The number of carbonyl (C=O) groups excluding carboxylic acids is 3. The van der Waals surface area contributed by atoms with Gasteiger partial charge in [-0.15, -0.1) is 13.2 Å². The number of imide groups is 1. The van der Waals surface area contributed by atoms with Gasteiger partial charge in [-0.3, -0.25) is 24.6 Å². The number of aromatic nitrogens is 2. The molecule has 10 nitrogen and oxygen atoms in total. The summed E-state index contributed by atoms with van der Waals surface area (Å²) >= 11 is 0. The van der Waals surface area contributed by atoms with Crippen molar-refractivity contribution in [2.45, 2.75) is 50.9 Å². The maximum atomic E-state index is 13.9. The van der Waals surface area contributed by atoms with Crippen molar-refractivity contribution in [1.82, 2.24) is 24.9 Å². The number of hydrogen-bond donors (Lipinski definition) is 1. The SMILES string of the molecule is O=C1CCC(N2Cc3cc(O[C@H]4CCN(Cc5cnn(-c6cc(F)cc(OC(F)(F)F)c6)c5)C4)ccc3C2=O)C(=O)N1. The summed E-state index contributed by atoms with van der Waals surface area (Å²) in [6.45, 7) is 2.09. The molecule has 1 unspecified atom stereocenters. The van der Waals surface area contributed by atoms with Crippen LogP contribution in [0, 0.1) is 5.82 Å². The fourth-order valence-corrected chi connectivity index (χ4v) is 5.57. The number of nitrogens with zero attached hydrogens (tertiary/aromatic N) is 4. The zero-order valence-corrected chi connectivity index (χ0v) is 22.1. The van der Waals surface area contributed by atoms with E-state index < -0.39 is 29.9 Å². The van der Waals surface area contributed by atoms with Gasteiger partial charge in [0.1, 0.15) is 29.5 Å². The summed E-state index contributed by atoms with van der Waals surface area (Å²) in [5.41, 5.74) is 2.13. The first kappa shape index (κ1) is 27.7. The second-order valence-corrected chi connectivity index (χ2v) is 10.5. The molecule has 4 heterocycles. The molecule has 2 fully saturated rings. The van der Waals surface area contributed by atoms with Crippen LogP contribution in [-0.2, 0) is 22.7 Å². The normalized spacial score (nSPS) is 21.0. The first-order valence-corrected chi connectivity index (χ1v) is 13.3. The molecule has 1 aromatic heterocycles. The Hall–Kier alpha value is -4.46. The van der Waals surface area contributed by atoms with Gasteiger partial charge in [-0.05, 0) is 42.7 Å². The molecule has 0 radical (unpaired) electrons. The lowest BCUT2D eigenvalue weighted by atomic mass is 10.0. The van der Waals surface area contributed by atoms with Gasteiger partial charge in [0, 0.05) is 62.1 Å². The molecule has 0 aliphatic carbocycles. The lowest BCUT2D eigenvalue weighted by Crippen LogP contribution is -2.52. The van der Waals surface area contributed by atoms with Crippen molar-refractivity contribution in [2.24, 2.45) is 0 Å². The third-order valence-electron chi connectivity index (χ3n) is 7.42. The van der Waals surface area contributed by atoms with Gasteiger partial charge in [0.15, 0.2) is 0 Å². The predicted octanol–water partition coefficient (Wildman–Crippen LogP) is 3.32. The van der Waals surface area contributed by atoms with Crippen molar-refractivity contribution in [2.75, 3.05) is 13.1 Å². The number of benzene rings is 2. The van der Waals surface area contributed by atoms with Crippen molar-refractivity contribution in [1.29, 1.82) is 0 Å². The van der Waals surface area contributed by atoms with E-state index in [0.29, 0.717) is 36.9 Å². The Morgan fingerprint density at radius 3 is 2.67 bits per heavy atom. The van der Waals surface area contributed by atoms with Gasteiger partial charge in [0.25, 0.3) is 5.91 Å². The molecule has 2 saturated heterocycles.